The summed E-state index contributed by atoms with van der Waals surface area (Å²) in [4.78, 5) is 18.5. The SMILES string of the molecule is COc1ccc(-c2cc3[nH]c(CNC(C)=O)cc3cc2Cl)cn1. The molecule has 2 aromatic heterocycles. The van der Waals surface area contributed by atoms with Crippen LogP contribution in [-0.2, 0) is 11.3 Å². The Hall–Kier alpha value is -2.53. The summed E-state index contributed by atoms with van der Waals surface area (Å²) in [5, 5.41) is 4.42. The summed E-state index contributed by atoms with van der Waals surface area (Å²) in [6.07, 6.45) is 1.73. The number of nitrogens with zero attached hydrogens (tertiary/aromatic N) is 1. The molecule has 3 aromatic rings. The Morgan fingerprint density at radius 3 is 2.83 bits per heavy atom. The maximum Gasteiger partial charge on any atom is 0.217 e. The normalized spacial score (nSPS) is 10.7. The van der Waals surface area contributed by atoms with Gasteiger partial charge in [-0.3, -0.25) is 4.79 Å². The molecule has 0 saturated carbocycles. The molecule has 0 aliphatic rings. The fourth-order valence-electron chi connectivity index (χ4n) is 2.41. The number of nitrogens with one attached hydrogen (secondary N) is 2. The third-order valence-electron chi connectivity index (χ3n) is 3.55. The van der Waals surface area contributed by atoms with Crippen molar-refractivity contribution in [1.29, 1.82) is 0 Å². The van der Waals surface area contributed by atoms with E-state index in [9.17, 15) is 4.79 Å². The third-order valence-corrected chi connectivity index (χ3v) is 3.86. The van der Waals surface area contributed by atoms with Crippen molar-refractivity contribution >= 4 is 28.4 Å². The van der Waals surface area contributed by atoms with E-state index in [0.29, 0.717) is 17.4 Å². The van der Waals surface area contributed by atoms with Crippen molar-refractivity contribution < 1.29 is 9.53 Å². The number of rotatable bonds is 4. The van der Waals surface area contributed by atoms with Gasteiger partial charge in [-0.15, -0.1) is 0 Å². The lowest BCUT2D eigenvalue weighted by atomic mass is 10.1. The summed E-state index contributed by atoms with van der Waals surface area (Å²) < 4.78 is 5.07. The Labute approximate surface area is 138 Å². The van der Waals surface area contributed by atoms with Crippen molar-refractivity contribution in [3.05, 3.63) is 47.2 Å². The summed E-state index contributed by atoms with van der Waals surface area (Å²) in [7, 11) is 1.58. The molecule has 1 amide bonds. The molecule has 3 rings (SSSR count). The van der Waals surface area contributed by atoms with Gasteiger partial charge in [0.25, 0.3) is 0 Å². The molecule has 0 radical (unpaired) electrons. The fraction of sp³-hybridized carbons (Fsp3) is 0.176. The molecule has 2 heterocycles. The van der Waals surface area contributed by atoms with Crippen molar-refractivity contribution in [3.63, 3.8) is 0 Å². The minimum Gasteiger partial charge on any atom is -0.481 e. The average Bonchev–Trinajstić information content (AvgIpc) is 2.94. The molecule has 1 aromatic carbocycles. The lowest BCUT2D eigenvalue weighted by Crippen LogP contribution is -2.18. The Morgan fingerprint density at radius 2 is 2.17 bits per heavy atom. The minimum absolute atomic E-state index is 0.0633. The number of aromatic nitrogens is 2. The molecule has 23 heavy (non-hydrogen) atoms. The zero-order valence-electron chi connectivity index (χ0n) is 12.8. The highest BCUT2D eigenvalue weighted by atomic mass is 35.5. The Balaban J connectivity index is 1.97. The van der Waals surface area contributed by atoms with Gasteiger partial charge in [0.2, 0.25) is 11.8 Å². The molecule has 0 bridgehead atoms. The molecular weight excluding hydrogens is 314 g/mol. The van der Waals surface area contributed by atoms with Gasteiger partial charge in [0.15, 0.2) is 0 Å². The first-order chi connectivity index (χ1) is 11.1. The number of pyridine rings is 1. The number of aromatic amines is 1. The Kier molecular flexibility index (Phi) is 4.21. The standard InChI is InChI=1S/C17H16ClN3O2/c1-10(22)19-9-13-5-12-6-15(18)14(7-16(12)21-13)11-3-4-17(23-2)20-8-11/h3-8,21H,9H2,1-2H3,(H,19,22). The van der Waals surface area contributed by atoms with Gasteiger partial charge in [0.05, 0.1) is 13.7 Å². The smallest absolute Gasteiger partial charge is 0.217 e. The van der Waals surface area contributed by atoms with Crippen LogP contribution in [0.2, 0.25) is 5.02 Å². The number of H-pyrrole nitrogens is 1. The number of hydrogen-bond acceptors (Lipinski definition) is 3. The molecule has 0 saturated heterocycles. The number of hydrogen-bond donors (Lipinski definition) is 2. The van der Waals surface area contributed by atoms with Crippen LogP contribution in [0.1, 0.15) is 12.6 Å². The summed E-state index contributed by atoms with van der Waals surface area (Å²) >= 11 is 6.41. The van der Waals surface area contributed by atoms with Gasteiger partial charge < -0.3 is 15.0 Å². The number of carbonyl (C=O) groups is 1. The van der Waals surface area contributed by atoms with Crippen molar-refractivity contribution in [2.24, 2.45) is 0 Å². The molecular formula is C17H16ClN3O2. The number of methoxy groups -OCH3 is 1. The number of fused-ring (bicyclic) bond motifs is 1. The largest absolute Gasteiger partial charge is 0.481 e. The van der Waals surface area contributed by atoms with Gasteiger partial charge in [0, 0.05) is 51.9 Å². The summed E-state index contributed by atoms with van der Waals surface area (Å²) in [5.41, 5.74) is 3.69. The number of halogens is 1. The van der Waals surface area contributed by atoms with Crippen LogP contribution in [0, 0.1) is 0 Å². The van der Waals surface area contributed by atoms with Gasteiger partial charge >= 0.3 is 0 Å². The van der Waals surface area contributed by atoms with E-state index in [4.69, 9.17) is 16.3 Å². The first kappa shape index (κ1) is 15.4. The molecule has 6 heteroatoms. The van der Waals surface area contributed by atoms with Crippen molar-refractivity contribution in [1.82, 2.24) is 15.3 Å². The van der Waals surface area contributed by atoms with Crippen molar-refractivity contribution in [2.45, 2.75) is 13.5 Å². The second-order valence-electron chi connectivity index (χ2n) is 5.21. The molecule has 118 valence electrons. The van der Waals surface area contributed by atoms with E-state index >= 15 is 0 Å². The van der Waals surface area contributed by atoms with E-state index in [-0.39, 0.29) is 5.91 Å². The number of benzene rings is 1. The summed E-state index contributed by atoms with van der Waals surface area (Å²) in [5.74, 6) is 0.495. The van der Waals surface area contributed by atoms with Crippen LogP contribution < -0.4 is 10.1 Å². The predicted octanol–water partition coefficient (Wildman–Crippen LogP) is 3.53. The first-order valence-corrected chi connectivity index (χ1v) is 7.50. The lowest BCUT2D eigenvalue weighted by Gasteiger charge is -2.06. The monoisotopic (exact) mass is 329 g/mol. The maximum atomic E-state index is 11.0. The number of carbonyl (C=O) groups excluding carboxylic acids is 1. The molecule has 5 nitrogen and oxygen atoms in total. The molecule has 0 aliphatic heterocycles. The molecule has 0 unspecified atom stereocenters. The maximum absolute atomic E-state index is 11.0. The zero-order valence-corrected chi connectivity index (χ0v) is 13.6. The van der Waals surface area contributed by atoms with Crippen LogP contribution in [0.25, 0.3) is 22.0 Å². The Morgan fingerprint density at radius 1 is 1.35 bits per heavy atom. The zero-order chi connectivity index (χ0) is 16.4. The average molecular weight is 330 g/mol. The van der Waals surface area contributed by atoms with Gasteiger partial charge in [-0.2, -0.15) is 0 Å². The Bertz CT molecular complexity index is 856. The van der Waals surface area contributed by atoms with Gasteiger partial charge in [-0.05, 0) is 24.3 Å². The van der Waals surface area contributed by atoms with Crippen LogP contribution in [0.3, 0.4) is 0 Å². The third kappa shape index (κ3) is 3.29. The van der Waals surface area contributed by atoms with E-state index in [1.807, 2.05) is 24.3 Å². The van der Waals surface area contributed by atoms with Gasteiger partial charge in [0.1, 0.15) is 0 Å². The lowest BCUT2D eigenvalue weighted by molar-refractivity contribution is -0.119. The van der Waals surface area contributed by atoms with Gasteiger partial charge in [-0.25, -0.2) is 4.98 Å². The molecule has 0 spiro atoms. The highest BCUT2D eigenvalue weighted by molar-refractivity contribution is 6.34. The predicted molar refractivity (Wildman–Crippen MR) is 90.6 cm³/mol. The number of ether oxygens (including phenoxy) is 1. The van der Waals surface area contributed by atoms with Crippen LogP contribution in [0.5, 0.6) is 5.88 Å². The van der Waals surface area contributed by atoms with Crippen molar-refractivity contribution in [2.75, 3.05) is 7.11 Å². The van der Waals surface area contributed by atoms with E-state index in [1.165, 1.54) is 6.92 Å². The second kappa shape index (κ2) is 6.30. The summed E-state index contributed by atoms with van der Waals surface area (Å²) in [6, 6.07) is 9.59. The molecule has 0 aliphatic carbocycles. The summed E-state index contributed by atoms with van der Waals surface area (Å²) in [6.45, 7) is 1.95. The van der Waals surface area contributed by atoms with Crippen LogP contribution >= 0.6 is 11.6 Å². The van der Waals surface area contributed by atoms with Crippen LogP contribution in [0.15, 0.2) is 36.5 Å². The van der Waals surface area contributed by atoms with E-state index in [1.54, 1.807) is 19.4 Å². The van der Waals surface area contributed by atoms with Crippen molar-refractivity contribution in [3.8, 4) is 17.0 Å². The minimum atomic E-state index is -0.0633. The topological polar surface area (TPSA) is 67.0 Å². The highest BCUT2D eigenvalue weighted by Gasteiger charge is 2.09. The number of amides is 1. The highest BCUT2D eigenvalue weighted by Crippen LogP contribution is 2.32. The fourth-order valence-corrected chi connectivity index (χ4v) is 2.69. The second-order valence-corrected chi connectivity index (χ2v) is 5.62. The van der Waals surface area contributed by atoms with E-state index < -0.39 is 0 Å². The molecule has 0 atom stereocenters. The quantitative estimate of drug-likeness (QED) is 0.769. The first-order valence-electron chi connectivity index (χ1n) is 7.13. The molecule has 0 fully saturated rings. The van der Waals surface area contributed by atoms with E-state index in [2.05, 4.69) is 15.3 Å². The van der Waals surface area contributed by atoms with Crippen LogP contribution in [-0.4, -0.2) is 23.0 Å². The molecule has 2 N–H and O–H groups in total. The van der Waals surface area contributed by atoms with Crippen LogP contribution in [0.4, 0.5) is 0 Å². The van der Waals surface area contributed by atoms with Gasteiger partial charge in [-0.1, -0.05) is 11.6 Å². The van der Waals surface area contributed by atoms with E-state index in [0.717, 1.165) is 27.7 Å².